The number of ether oxygens (including phenoxy) is 1. The Labute approximate surface area is 118 Å². The Morgan fingerprint density at radius 1 is 1.30 bits per heavy atom. The molecular weight excluding hydrogens is 261 g/mol. The highest BCUT2D eigenvalue weighted by Gasteiger charge is 2.30. The Balaban J connectivity index is 1.65. The average Bonchev–Trinajstić information content (AvgIpc) is 2.85. The molecular formula is C15H22FNO3. The zero-order valence-corrected chi connectivity index (χ0v) is 11.5. The molecule has 0 spiro atoms. The van der Waals surface area contributed by atoms with Crippen LogP contribution in [0.3, 0.4) is 0 Å². The summed E-state index contributed by atoms with van der Waals surface area (Å²) in [6, 6.07) is 6.10. The van der Waals surface area contributed by atoms with Crippen LogP contribution in [-0.2, 0) is 0 Å². The standard InChI is InChI=1S/C15H22FNO3/c16-13-5-1-2-6-14(13)20-10-12(18)9-17-11-15(19)7-3-4-8-15/h1-2,5-6,12,17-19H,3-4,7-11H2. The minimum absolute atomic E-state index is 0.0202. The van der Waals surface area contributed by atoms with Crippen molar-refractivity contribution in [2.24, 2.45) is 0 Å². The summed E-state index contributed by atoms with van der Waals surface area (Å²) >= 11 is 0. The van der Waals surface area contributed by atoms with E-state index in [0.29, 0.717) is 13.1 Å². The number of aliphatic hydroxyl groups excluding tert-OH is 1. The number of para-hydroxylation sites is 1. The summed E-state index contributed by atoms with van der Waals surface area (Å²) in [7, 11) is 0. The second-order valence-electron chi connectivity index (χ2n) is 5.46. The lowest BCUT2D eigenvalue weighted by Gasteiger charge is -2.23. The summed E-state index contributed by atoms with van der Waals surface area (Å²) in [5, 5.41) is 22.9. The Kier molecular flexibility index (Phi) is 5.34. The first-order valence-electron chi connectivity index (χ1n) is 7.08. The Bertz CT molecular complexity index is 421. The van der Waals surface area contributed by atoms with Crippen molar-refractivity contribution in [2.75, 3.05) is 19.7 Å². The number of nitrogens with one attached hydrogen (secondary N) is 1. The first-order valence-corrected chi connectivity index (χ1v) is 7.08. The number of benzene rings is 1. The zero-order chi connectivity index (χ0) is 14.4. The summed E-state index contributed by atoms with van der Waals surface area (Å²) in [4.78, 5) is 0. The minimum atomic E-state index is -0.736. The molecule has 20 heavy (non-hydrogen) atoms. The van der Waals surface area contributed by atoms with Crippen LogP contribution in [0.2, 0.25) is 0 Å². The Morgan fingerprint density at radius 2 is 2.00 bits per heavy atom. The van der Waals surface area contributed by atoms with Gasteiger partial charge in [-0.2, -0.15) is 0 Å². The fourth-order valence-corrected chi connectivity index (χ4v) is 2.49. The molecule has 1 saturated carbocycles. The lowest BCUT2D eigenvalue weighted by Crippen LogP contribution is -2.42. The topological polar surface area (TPSA) is 61.7 Å². The summed E-state index contributed by atoms with van der Waals surface area (Å²) in [6.45, 7) is 0.812. The highest BCUT2D eigenvalue weighted by molar-refractivity contribution is 5.23. The molecule has 0 saturated heterocycles. The van der Waals surface area contributed by atoms with E-state index in [0.717, 1.165) is 25.7 Å². The van der Waals surface area contributed by atoms with E-state index < -0.39 is 17.5 Å². The maximum absolute atomic E-state index is 13.3. The summed E-state index contributed by atoms with van der Waals surface area (Å²) in [6.07, 6.45) is 2.98. The van der Waals surface area contributed by atoms with Crippen molar-refractivity contribution in [2.45, 2.75) is 37.4 Å². The van der Waals surface area contributed by atoms with E-state index in [1.165, 1.54) is 12.1 Å². The number of rotatable bonds is 7. The van der Waals surface area contributed by atoms with Crippen LogP contribution >= 0.6 is 0 Å². The molecule has 0 heterocycles. The summed E-state index contributed by atoms with van der Waals surface area (Å²) in [5.41, 5.74) is -0.633. The van der Waals surface area contributed by atoms with Crippen molar-refractivity contribution in [3.05, 3.63) is 30.1 Å². The second-order valence-corrected chi connectivity index (χ2v) is 5.46. The largest absolute Gasteiger partial charge is 0.488 e. The summed E-state index contributed by atoms with van der Waals surface area (Å²) in [5.74, 6) is -0.297. The second kappa shape index (κ2) is 7.02. The van der Waals surface area contributed by atoms with E-state index in [-0.39, 0.29) is 12.4 Å². The molecule has 0 aromatic heterocycles. The van der Waals surface area contributed by atoms with Crippen molar-refractivity contribution in [3.63, 3.8) is 0 Å². The van der Waals surface area contributed by atoms with Crippen LogP contribution in [0.4, 0.5) is 4.39 Å². The van der Waals surface area contributed by atoms with Gasteiger partial charge in [0, 0.05) is 13.1 Å². The normalized spacial score (nSPS) is 18.9. The van der Waals surface area contributed by atoms with Crippen LogP contribution in [-0.4, -0.2) is 41.6 Å². The molecule has 2 rings (SSSR count). The molecule has 3 N–H and O–H groups in total. The lowest BCUT2D eigenvalue weighted by atomic mass is 10.0. The molecule has 1 aliphatic carbocycles. The quantitative estimate of drug-likeness (QED) is 0.709. The van der Waals surface area contributed by atoms with Gasteiger partial charge in [0.1, 0.15) is 12.7 Å². The first-order chi connectivity index (χ1) is 9.59. The van der Waals surface area contributed by atoms with Crippen molar-refractivity contribution in [1.29, 1.82) is 0 Å². The van der Waals surface area contributed by atoms with Gasteiger partial charge in [-0.1, -0.05) is 25.0 Å². The number of halogens is 1. The van der Waals surface area contributed by atoms with E-state index in [4.69, 9.17) is 4.74 Å². The molecule has 0 bridgehead atoms. The fourth-order valence-electron chi connectivity index (χ4n) is 2.49. The van der Waals surface area contributed by atoms with Gasteiger partial charge in [-0.3, -0.25) is 0 Å². The maximum atomic E-state index is 13.3. The van der Waals surface area contributed by atoms with Gasteiger partial charge in [-0.05, 0) is 25.0 Å². The number of hydrogen-bond acceptors (Lipinski definition) is 4. The molecule has 1 atom stereocenters. The molecule has 0 radical (unpaired) electrons. The van der Waals surface area contributed by atoms with E-state index in [1.807, 2.05) is 0 Å². The van der Waals surface area contributed by atoms with E-state index in [1.54, 1.807) is 12.1 Å². The van der Waals surface area contributed by atoms with Crippen LogP contribution < -0.4 is 10.1 Å². The van der Waals surface area contributed by atoms with Crippen LogP contribution in [0.1, 0.15) is 25.7 Å². The highest BCUT2D eigenvalue weighted by atomic mass is 19.1. The van der Waals surface area contributed by atoms with Crippen molar-refractivity contribution in [1.82, 2.24) is 5.32 Å². The van der Waals surface area contributed by atoms with Gasteiger partial charge in [-0.25, -0.2) is 4.39 Å². The van der Waals surface area contributed by atoms with Crippen LogP contribution in [0.15, 0.2) is 24.3 Å². The molecule has 112 valence electrons. The predicted molar refractivity (Wildman–Crippen MR) is 74.2 cm³/mol. The number of aliphatic hydroxyl groups is 2. The Hall–Kier alpha value is -1.17. The predicted octanol–water partition coefficient (Wildman–Crippen LogP) is 1.46. The molecule has 0 aliphatic heterocycles. The molecule has 1 unspecified atom stereocenters. The van der Waals surface area contributed by atoms with Gasteiger partial charge in [0.2, 0.25) is 0 Å². The molecule has 1 aliphatic rings. The van der Waals surface area contributed by atoms with Crippen molar-refractivity contribution in [3.8, 4) is 5.75 Å². The zero-order valence-electron chi connectivity index (χ0n) is 11.5. The smallest absolute Gasteiger partial charge is 0.165 e. The van der Waals surface area contributed by atoms with Gasteiger partial charge in [-0.15, -0.1) is 0 Å². The molecule has 1 fully saturated rings. The molecule has 4 nitrogen and oxygen atoms in total. The van der Waals surface area contributed by atoms with Gasteiger partial charge < -0.3 is 20.3 Å². The van der Waals surface area contributed by atoms with Crippen LogP contribution in [0, 0.1) is 5.82 Å². The number of hydrogen-bond donors (Lipinski definition) is 3. The van der Waals surface area contributed by atoms with E-state index in [9.17, 15) is 14.6 Å². The van der Waals surface area contributed by atoms with Crippen LogP contribution in [0.25, 0.3) is 0 Å². The minimum Gasteiger partial charge on any atom is -0.488 e. The van der Waals surface area contributed by atoms with Crippen molar-refractivity contribution >= 4 is 0 Å². The molecule has 1 aromatic rings. The average molecular weight is 283 g/mol. The molecule has 5 heteroatoms. The molecule has 0 amide bonds. The first kappa shape index (κ1) is 15.2. The highest BCUT2D eigenvalue weighted by Crippen LogP contribution is 2.28. The fraction of sp³-hybridized carbons (Fsp3) is 0.600. The lowest BCUT2D eigenvalue weighted by molar-refractivity contribution is 0.0404. The van der Waals surface area contributed by atoms with Crippen LogP contribution in [0.5, 0.6) is 5.75 Å². The SMILES string of the molecule is OC(CNCC1(O)CCCC1)COc1ccccc1F. The monoisotopic (exact) mass is 283 g/mol. The van der Waals surface area contributed by atoms with Gasteiger partial charge >= 0.3 is 0 Å². The van der Waals surface area contributed by atoms with Crippen molar-refractivity contribution < 1.29 is 19.3 Å². The molecule has 1 aromatic carbocycles. The summed E-state index contributed by atoms with van der Waals surface area (Å²) < 4.78 is 18.5. The van der Waals surface area contributed by atoms with E-state index in [2.05, 4.69) is 5.32 Å². The van der Waals surface area contributed by atoms with Gasteiger partial charge in [0.15, 0.2) is 11.6 Å². The van der Waals surface area contributed by atoms with Gasteiger partial charge in [0.05, 0.1) is 5.60 Å². The Morgan fingerprint density at radius 3 is 2.70 bits per heavy atom. The van der Waals surface area contributed by atoms with Gasteiger partial charge in [0.25, 0.3) is 0 Å². The van der Waals surface area contributed by atoms with E-state index >= 15 is 0 Å². The maximum Gasteiger partial charge on any atom is 0.165 e. The third-order valence-electron chi connectivity index (χ3n) is 3.64. The third-order valence-corrected chi connectivity index (χ3v) is 3.64. The third kappa shape index (κ3) is 4.44.